The highest BCUT2D eigenvalue weighted by Crippen LogP contribution is 2.37. The van der Waals surface area contributed by atoms with E-state index in [0.29, 0.717) is 28.0 Å². The summed E-state index contributed by atoms with van der Waals surface area (Å²) in [5.41, 5.74) is 2.95. The van der Waals surface area contributed by atoms with Crippen LogP contribution in [0.2, 0.25) is 10.0 Å². The number of carbonyl (C=O) groups is 2. The van der Waals surface area contributed by atoms with Crippen LogP contribution in [0.3, 0.4) is 0 Å². The minimum absolute atomic E-state index is 0.00216. The Morgan fingerprint density at radius 1 is 1.22 bits per heavy atom. The van der Waals surface area contributed by atoms with E-state index in [1.807, 2.05) is 19.1 Å². The number of hydrogen-bond donors (Lipinski definition) is 3. The third kappa shape index (κ3) is 3.80. The minimum atomic E-state index is -0.327. The Morgan fingerprint density at radius 3 is 2.88 bits per heavy atom. The van der Waals surface area contributed by atoms with Gasteiger partial charge < -0.3 is 20.5 Å². The van der Waals surface area contributed by atoms with Crippen molar-refractivity contribution in [1.29, 1.82) is 0 Å². The zero-order valence-electron chi connectivity index (χ0n) is 17.5. The Kier molecular flexibility index (Phi) is 5.47. The third-order valence-corrected chi connectivity index (χ3v) is 6.90. The molecule has 9 heteroatoms. The van der Waals surface area contributed by atoms with E-state index in [1.165, 1.54) is 0 Å². The fourth-order valence-corrected chi connectivity index (χ4v) is 5.19. The molecule has 2 amide bonds. The van der Waals surface area contributed by atoms with Gasteiger partial charge in [0.15, 0.2) is 0 Å². The summed E-state index contributed by atoms with van der Waals surface area (Å²) in [7, 11) is 0. The summed E-state index contributed by atoms with van der Waals surface area (Å²) in [6.45, 7) is 3.33. The van der Waals surface area contributed by atoms with Gasteiger partial charge in [-0.3, -0.25) is 9.59 Å². The second-order valence-corrected chi connectivity index (χ2v) is 9.22. The van der Waals surface area contributed by atoms with Crippen LogP contribution in [-0.4, -0.2) is 40.9 Å². The number of rotatable bonds is 4. The first-order chi connectivity index (χ1) is 15.4. The molecule has 3 heterocycles. The molecule has 7 nitrogen and oxygen atoms in total. The van der Waals surface area contributed by atoms with Gasteiger partial charge in [0.1, 0.15) is 5.82 Å². The maximum atomic E-state index is 12.9. The van der Waals surface area contributed by atoms with Gasteiger partial charge in [0.2, 0.25) is 5.91 Å². The van der Waals surface area contributed by atoms with Crippen LogP contribution in [0.1, 0.15) is 42.0 Å². The zero-order chi connectivity index (χ0) is 22.4. The summed E-state index contributed by atoms with van der Waals surface area (Å²) >= 11 is 12.6. The maximum Gasteiger partial charge on any atom is 0.251 e. The molecule has 166 valence electrons. The number of amides is 2. The van der Waals surface area contributed by atoms with E-state index in [9.17, 15) is 9.59 Å². The lowest BCUT2D eigenvalue weighted by Crippen LogP contribution is -2.47. The first-order valence-electron chi connectivity index (χ1n) is 10.7. The molecule has 2 aromatic carbocycles. The van der Waals surface area contributed by atoms with E-state index >= 15 is 0 Å². The minimum Gasteiger partial charge on any atom is -0.366 e. The molecule has 2 aliphatic rings. The van der Waals surface area contributed by atoms with Gasteiger partial charge >= 0.3 is 0 Å². The van der Waals surface area contributed by atoms with Crippen molar-refractivity contribution in [2.45, 2.75) is 31.8 Å². The quantitative estimate of drug-likeness (QED) is 0.534. The first-order valence-corrected chi connectivity index (χ1v) is 11.5. The van der Waals surface area contributed by atoms with Gasteiger partial charge in [0.05, 0.1) is 33.7 Å². The van der Waals surface area contributed by atoms with Crippen LogP contribution in [0.4, 0.5) is 5.69 Å². The second-order valence-electron chi connectivity index (χ2n) is 8.38. The number of fused-ring (bicyclic) bond motifs is 2. The van der Waals surface area contributed by atoms with E-state index in [1.54, 1.807) is 24.3 Å². The Morgan fingerprint density at radius 2 is 2.06 bits per heavy atom. The second kappa shape index (κ2) is 8.30. The van der Waals surface area contributed by atoms with Gasteiger partial charge in [-0.15, -0.1) is 0 Å². The van der Waals surface area contributed by atoms with Gasteiger partial charge in [-0.1, -0.05) is 23.2 Å². The largest absolute Gasteiger partial charge is 0.366 e. The molecule has 0 spiro atoms. The van der Waals surface area contributed by atoms with Gasteiger partial charge in [-0.2, -0.15) is 0 Å². The van der Waals surface area contributed by atoms with Crippen LogP contribution in [0.5, 0.6) is 0 Å². The molecule has 3 aromatic rings. The SMILES string of the molecule is C[C@H](NC(=O)c1ccc(N2CC[C@H]3C(=O)NCCC32)c(Cl)c1)c1nc2ccc(Cl)cc2[nH]1. The number of nitrogens with one attached hydrogen (secondary N) is 3. The predicted octanol–water partition coefficient (Wildman–Crippen LogP) is 4.08. The molecule has 2 saturated heterocycles. The summed E-state index contributed by atoms with van der Waals surface area (Å²) in [5.74, 6) is 0.540. The van der Waals surface area contributed by atoms with Crippen LogP contribution < -0.4 is 15.5 Å². The highest BCUT2D eigenvalue weighted by Gasteiger charge is 2.41. The van der Waals surface area contributed by atoms with Crippen molar-refractivity contribution >= 4 is 51.7 Å². The molecule has 2 aliphatic heterocycles. The fraction of sp³-hybridized carbons (Fsp3) is 0.348. The van der Waals surface area contributed by atoms with Crippen molar-refractivity contribution in [3.05, 3.63) is 57.8 Å². The van der Waals surface area contributed by atoms with Crippen molar-refractivity contribution < 1.29 is 9.59 Å². The summed E-state index contributed by atoms with van der Waals surface area (Å²) in [6, 6.07) is 10.6. The van der Waals surface area contributed by atoms with Crippen molar-refractivity contribution in [2.24, 2.45) is 5.92 Å². The molecule has 2 fully saturated rings. The number of imidazole rings is 1. The van der Waals surface area contributed by atoms with Crippen molar-refractivity contribution in [2.75, 3.05) is 18.0 Å². The topological polar surface area (TPSA) is 90.1 Å². The van der Waals surface area contributed by atoms with Gasteiger partial charge in [-0.25, -0.2) is 4.98 Å². The zero-order valence-corrected chi connectivity index (χ0v) is 19.0. The number of aromatic amines is 1. The van der Waals surface area contributed by atoms with Crippen LogP contribution in [-0.2, 0) is 4.79 Å². The third-order valence-electron chi connectivity index (χ3n) is 6.36. The van der Waals surface area contributed by atoms with Crippen LogP contribution in [0.15, 0.2) is 36.4 Å². The smallest absolute Gasteiger partial charge is 0.251 e. The summed E-state index contributed by atoms with van der Waals surface area (Å²) < 4.78 is 0. The molecule has 32 heavy (non-hydrogen) atoms. The van der Waals surface area contributed by atoms with E-state index < -0.39 is 0 Å². The summed E-state index contributed by atoms with van der Waals surface area (Å²) in [5, 5.41) is 7.04. The fourth-order valence-electron chi connectivity index (χ4n) is 4.73. The lowest BCUT2D eigenvalue weighted by atomic mass is 9.93. The van der Waals surface area contributed by atoms with E-state index in [-0.39, 0.29) is 29.8 Å². The molecule has 1 unspecified atom stereocenters. The molecule has 0 saturated carbocycles. The Hall–Kier alpha value is -2.77. The predicted molar refractivity (Wildman–Crippen MR) is 125 cm³/mol. The van der Waals surface area contributed by atoms with E-state index in [2.05, 4.69) is 25.5 Å². The number of carbonyl (C=O) groups excluding carboxylic acids is 2. The molecular formula is C23H23Cl2N5O2. The molecular weight excluding hydrogens is 449 g/mol. The van der Waals surface area contributed by atoms with E-state index in [0.717, 1.165) is 36.1 Å². The van der Waals surface area contributed by atoms with Crippen molar-refractivity contribution in [1.82, 2.24) is 20.6 Å². The molecule has 3 N–H and O–H groups in total. The van der Waals surface area contributed by atoms with Crippen LogP contribution in [0, 0.1) is 5.92 Å². The lowest BCUT2D eigenvalue weighted by molar-refractivity contribution is -0.126. The Labute approximate surface area is 195 Å². The number of anilines is 1. The normalized spacial score (nSPS) is 21.3. The van der Waals surface area contributed by atoms with Crippen molar-refractivity contribution in [3.8, 4) is 0 Å². The Bertz CT molecular complexity index is 1210. The molecule has 1 aromatic heterocycles. The van der Waals surface area contributed by atoms with Crippen molar-refractivity contribution in [3.63, 3.8) is 0 Å². The maximum absolute atomic E-state index is 12.9. The van der Waals surface area contributed by atoms with Gasteiger partial charge in [-0.05, 0) is 56.2 Å². The number of hydrogen-bond acceptors (Lipinski definition) is 4. The first kappa shape index (κ1) is 21.1. The monoisotopic (exact) mass is 471 g/mol. The molecule has 0 bridgehead atoms. The number of aromatic nitrogens is 2. The number of halogens is 2. The summed E-state index contributed by atoms with van der Waals surface area (Å²) in [6.07, 6.45) is 1.71. The Balaban J connectivity index is 1.31. The van der Waals surface area contributed by atoms with Gasteiger partial charge in [0.25, 0.3) is 5.91 Å². The van der Waals surface area contributed by atoms with E-state index in [4.69, 9.17) is 23.2 Å². The molecule has 5 rings (SSSR count). The molecule has 0 radical (unpaired) electrons. The highest BCUT2D eigenvalue weighted by molar-refractivity contribution is 6.33. The average molecular weight is 472 g/mol. The average Bonchev–Trinajstić information content (AvgIpc) is 3.38. The lowest BCUT2D eigenvalue weighted by Gasteiger charge is -2.33. The molecule has 0 aliphatic carbocycles. The summed E-state index contributed by atoms with van der Waals surface area (Å²) in [4.78, 5) is 34.9. The number of benzene rings is 2. The number of H-pyrrole nitrogens is 1. The highest BCUT2D eigenvalue weighted by atomic mass is 35.5. The number of nitrogens with zero attached hydrogens (tertiary/aromatic N) is 2. The van der Waals surface area contributed by atoms with Crippen LogP contribution in [0.25, 0.3) is 11.0 Å². The van der Waals surface area contributed by atoms with Gasteiger partial charge in [0, 0.05) is 29.7 Å². The number of piperidine rings is 1. The van der Waals surface area contributed by atoms with Crippen LogP contribution >= 0.6 is 23.2 Å². The molecule has 3 atom stereocenters. The standard InChI is InChI=1S/C23H23Cl2N5O2/c1-12(21-28-17-4-3-14(24)11-18(17)29-21)27-22(31)13-2-5-20(16(25)10-13)30-9-7-15-19(30)6-8-26-23(15)32/h2-5,10-12,15,19H,6-9H2,1H3,(H,26,32)(H,27,31)(H,28,29)/t12-,15+,19?/m0/s1.